The lowest BCUT2D eigenvalue weighted by molar-refractivity contribution is -0.141. The highest BCUT2D eigenvalue weighted by Crippen LogP contribution is 2.19. The van der Waals surface area contributed by atoms with Crippen molar-refractivity contribution in [2.45, 2.75) is 38.6 Å². The summed E-state index contributed by atoms with van der Waals surface area (Å²) < 4.78 is 5.25. The third-order valence-corrected chi connectivity index (χ3v) is 3.30. The lowest BCUT2D eigenvalue weighted by atomic mass is 9.93. The summed E-state index contributed by atoms with van der Waals surface area (Å²) in [5.41, 5.74) is -0.221. The molecule has 1 atom stereocenters. The van der Waals surface area contributed by atoms with Crippen LogP contribution >= 0.6 is 0 Å². The molecule has 1 rings (SSSR count). The minimum absolute atomic E-state index is 0.221. The monoisotopic (exact) mass is 258 g/mol. The van der Waals surface area contributed by atoms with Gasteiger partial charge in [-0.05, 0) is 26.2 Å². The number of carbonyl (C=O) groups is 2. The number of carbonyl (C=O) groups excluding carboxylic acids is 1. The lowest BCUT2D eigenvalue weighted by Crippen LogP contribution is -2.53. The van der Waals surface area contributed by atoms with Gasteiger partial charge in [-0.25, -0.2) is 4.79 Å². The molecule has 6 nitrogen and oxygen atoms in total. The maximum absolute atomic E-state index is 11.7. The highest BCUT2D eigenvalue weighted by molar-refractivity contribution is 5.75. The van der Waals surface area contributed by atoms with Crippen molar-refractivity contribution in [3.8, 4) is 0 Å². The highest BCUT2D eigenvalue weighted by Gasteiger charge is 2.28. The molecule has 0 spiro atoms. The van der Waals surface area contributed by atoms with Gasteiger partial charge in [0.25, 0.3) is 0 Å². The SMILES string of the molecule is CC(CCNC(=O)NC1(C)CCOCC1)C(=O)O. The van der Waals surface area contributed by atoms with E-state index >= 15 is 0 Å². The zero-order valence-corrected chi connectivity index (χ0v) is 11.0. The number of nitrogens with one attached hydrogen (secondary N) is 2. The molecule has 2 amide bonds. The van der Waals surface area contributed by atoms with Crippen molar-refractivity contribution >= 4 is 12.0 Å². The van der Waals surface area contributed by atoms with Gasteiger partial charge in [-0.3, -0.25) is 4.79 Å². The average molecular weight is 258 g/mol. The van der Waals surface area contributed by atoms with Crippen LogP contribution in [0.25, 0.3) is 0 Å². The molecule has 0 aliphatic carbocycles. The molecule has 1 fully saturated rings. The van der Waals surface area contributed by atoms with Gasteiger partial charge in [-0.1, -0.05) is 6.92 Å². The Labute approximate surface area is 107 Å². The first kappa shape index (κ1) is 14.8. The van der Waals surface area contributed by atoms with Crippen LogP contribution in [0.3, 0.4) is 0 Å². The summed E-state index contributed by atoms with van der Waals surface area (Å²) in [7, 11) is 0. The smallest absolute Gasteiger partial charge is 0.315 e. The van der Waals surface area contributed by atoms with Crippen molar-refractivity contribution in [1.82, 2.24) is 10.6 Å². The maximum atomic E-state index is 11.7. The second-order valence-corrected chi connectivity index (χ2v) is 5.08. The van der Waals surface area contributed by atoms with Crippen molar-refractivity contribution in [3.05, 3.63) is 0 Å². The first-order chi connectivity index (χ1) is 8.43. The summed E-state index contributed by atoms with van der Waals surface area (Å²) in [5.74, 6) is -1.28. The Kier molecular flexibility index (Phi) is 5.40. The Morgan fingerprint density at radius 3 is 2.56 bits per heavy atom. The molecule has 1 saturated heterocycles. The Morgan fingerprint density at radius 1 is 1.39 bits per heavy atom. The summed E-state index contributed by atoms with van der Waals surface area (Å²) in [6.07, 6.45) is 2.03. The number of carboxylic acid groups (broad SMARTS) is 1. The first-order valence-electron chi connectivity index (χ1n) is 6.29. The number of urea groups is 1. The Bertz CT molecular complexity index is 300. The van der Waals surface area contributed by atoms with Crippen LogP contribution in [-0.4, -0.2) is 42.4 Å². The van der Waals surface area contributed by atoms with E-state index in [4.69, 9.17) is 9.84 Å². The molecule has 104 valence electrons. The van der Waals surface area contributed by atoms with Crippen molar-refractivity contribution < 1.29 is 19.4 Å². The van der Waals surface area contributed by atoms with E-state index in [1.807, 2.05) is 6.92 Å². The van der Waals surface area contributed by atoms with Crippen LogP contribution in [0, 0.1) is 5.92 Å². The predicted molar refractivity (Wildman–Crippen MR) is 66.4 cm³/mol. The van der Waals surface area contributed by atoms with E-state index in [0.29, 0.717) is 26.2 Å². The predicted octanol–water partition coefficient (Wildman–Crippen LogP) is 0.965. The topological polar surface area (TPSA) is 87.7 Å². The number of hydrogen-bond acceptors (Lipinski definition) is 3. The molecule has 1 aliphatic rings. The summed E-state index contributed by atoms with van der Waals surface area (Å²) in [5, 5.41) is 14.3. The van der Waals surface area contributed by atoms with E-state index in [-0.39, 0.29) is 11.6 Å². The van der Waals surface area contributed by atoms with Crippen LogP contribution in [0.15, 0.2) is 0 Å². The Hall–Kier alpha value is -1.30. The van der Waals surface area contributed by atoms with Gasteiger partial charge in [0.1, 0.15) is 0 Å². The van der Waals surface area contributed by atoms with E-state index in [1.165, 1.54) is 0 Å². The molecule has 0 aromatic carbocycles. The second-order valence-electron chi connectivity index (χ2n) is 5.08. The van der Waals surface area contributed by atoms with Gasteiger partial charge in [0, 0.05) is 25.3 Å². The van der Waals surface area contributed by atoms with Crippen molar-refractivity contribution in [3.63, 3.8) is 0 Å². The molecule has 1 aliphatic heterocycles. The molecular weight excluding hydrogens is 236 g/mol. The zero-order chi connectivity index (χ0) is 13.6. The molecule has 0 radical (unpaired) electrons. The van der Waals surface area contributed by atoms with Gasteiger partial charge < -0.3 is 20.5 Å². The fourth-order valence-electron chi connectivity index (χ4n) is 1.79. The minimum atomic E-state index is -0.839. The Balaban J connectivity index is 2.22. The van der Waals surface area contributed by atoms with Crippen LogP contribution in [0.1, 0.15) is 33.1 Å². The van der Waals surface area contributed by atoms with Crippen molar-refractivity contribution in [2.24, 2.45) is 5.92 Å². The van der Waals surface area contributed by atoms with Crippen molar-refractivity contribution in [2.75, 3.05) is 19.8 Å². The quantitative estimate of drug-likeness (QED) is 0.685. The molecule has 0 saturated carbocycles. The molecule has 0 aromatic heterocycles. The standard InChI is InChI=1S/C12H22N2O4/c1-9(10(15)16)3-6-13-11(17)14-12(2)4-7-18-8-5-12/h9H,3-8H2,1-2H3,(H,15,16)(H2,13,14,17). The normalized spacial score (nSPS) is 19.9. The number of hydrogen-bond donors (Lipinski definition) is 3. The first-order valence-corrected chi connectivity index (χ1v) is 6.29. The number of ether oxygens (including phenoxy) is 1. The molecule has 6 heteroatoms. The molecule has 1 unspecified atom stereocenters. The number of amides is 2. The average Bonchev–Trinajstić information content (AvgIpc) is 2.28. The van der Waals surface area contributed by atoms with Crippen molar-refractivity contribution in [1.29, 1.82) is 0 Å². The van der Waals surface area contributed by atoms with E-state index in [1.54, 1.807) is 6.92 Å². The molecular formula is C12H22N2O4. The zero-order valence-electron chi connectivity index (χ0n) is 11.0. The second kappa shape index (κ2) is 6.58. The number of aliphatic carboxylic acids is 1. The molecule has 3 N–H and O–H groups in total. The van der Waals surface area contributed by atoms with Gasteiger partial charge in [-0.2, -0.15) is 0 Å². The number of rotatable bonds is 5. The summed E-state index contributed by atoms with van der Waals surface area (Å²) in [4.78, 5) is 22.3. The summed E-state index contributed by atoms with van der Waals surface area (Å²) in [6.45, 7) is 5.31. The van der Waals surface area contributed by atoms with Gasteiger partial charge >= 0.3 is 12.0 Å². The molecule has 1 heterocycles. The fourth-order valence-corrected chi connectivity index (χ4v) is 1.79. The summed E-state index contributed by atoms with van der Waals surface area (Å²) in [6, 6.07) is -0.239. The third-order valence-electron chi connectivity index (χ3n) is 3.30. The van der Waals surface area contributed by atoms with Crippen LogP contribution in [0.4, 0.5) is 4.79 Å². The fraction of sp³-hybridized carbons (Fsp3) is 0.833. The van der Waals surface area contributed by atoms with Gasteiger partial charge in [0.2, 0.25) is 0 Å². The van der Waals surface area contributed by atoms with Crippen LogP contribution in [-0.2, 0) is 9.53 Å². The van der Waals surface area contributed by atoms with E-state index in [2.05, 4.69) is 10.6 Å². The largest absolute Gasteiger partial charge is 0.481 e. The third kappa shape index (κ3) is 4.91. The van der Waals surface area contributed by atoms with E-state index in [0.717, 1.165) is 12.8 Å². The molecule has 0 aromatic rings. The van der Waals surface area contributed by atoms with Gasteiger partial charge in [0.05, 0.1) is 5.92 Å². The van der Waals surface area contributed by atoms with E-state index in [9.17, 15) is 9.59 Å². The molecule has 0 bridgehead atoms. The summed E-state index contributed by atoms with van der Waals surface area (Å²) >= 11 is 0. The lowest BCUT2D eigenvalue weighted by Gasteiger charge is -2.34. The van der Waals surface area contributed by atoms with Crippen LogP contribution in [0.5, 0.6) is 0 Å². The van der Waals surface area contributed by atoms with Crippen LogP contribution < -0.4 is 10.6 Å². The minimum Gasteiger partial charge on any atom is -0.481 e. The Morgan fingerprint density at radius 2 is 2.00 bits per heavy atom. The number of carboxylic acids is 1. The highest BCUT2D eigenvalue weighted by atomic mass is 16.5. The van der Waals surface area contributed by atoms with Gasteiger partial charge in [0.15, 0.2) is 0 Å². The maximum Gasteiger partial charge on any atom is 0.315 e. The van der Waals surface area contributed by atoms with E-state index < -0.39 is 11.9 Å². The van der Waals surface area contributed by atoms with Crippen LogP contribution in [0.2, 0.25) is 0 Å². The molecule has 18 heavy (non-hydrogen) atoms. The van der Waals surface area contributed by atoms with Gasteiger partial charge in [-0.15, -0.1) is 0 Å².